The molecule has 0 N–H and O–H groups in total. The van der Waals surface area contributed by atoms with Crippen LogP contribution in [0, 0.1) is 17.8 Å². The first kappa shape index (κ1) is 26.9. The minimum atomic E-state index is -5.79. The molecule has 2 nitrogen and oxygen atoms in total. The molecule has 0 bridgehead atoms. The highest BCUT2D eigenvalue weighted by molar-refractivity contribution is 4.89. The van der Waals surface area contributed by atoms with Crippen LogP contribution < -0.4 is 0 Å². The minimum Gasteiger partial charge on any atom is -0.317 e. The van der Waals surface area contributed by atoms with E-state index in [1.54, 1.807) is 0 Å². The number of alkyl halides is 9. The van der Waals surface area contributed by atoms with Crippen molar-refractivity contribution < 1.29 is 49.0 Å². The second-order valence-corrected chi connectivity index (χ2v) is 9.76. The lowest BCUT2D eigenvalue weighted by molar-refractivity contribution is -0.354. The third-order valence-corrected chi connectivity index (χ3v) is 7.41. The summed E-state index contributed by atoms with van der Waals surface area (Å²) in [6, 6.07) is 0. The molecule has 4 atom stereocenters. The van der Waals surface area contributed by atoms with E-state index in [2.05, 4.69) is 4.74 Å². The summed E-state index contributed by atoms with van der Waals surface area (Å²) in [4.78, 5) is 0. The zero-order valence-electron chi connectivity index (χ0n) is 18.2. The topological polar surface area (TPSA) is 18.5 Å². The molecule has 11 heteroatoms. The van der Waals surface area contributed by atoms with Crippen LogP contribution in [0.3, 0.4) is 0 Å². The molecule has 0 amide bonds. The van der Waals surface area contributed by atoms with Crippen molar-refractivity contribution in [2.75, 3.05) is 0 Å². The maximum atomic E-state index is 14.7. The van der Waals surface area contributed by atoms with E-state index >= 15 is 0 Å². The zero-order chi connectivity index (χ0) is 24.4. The van der Waals surface area contributed by atoms with Gasteiger partial charge in [0, 0.05) is 0 Å². The predicted octanol–water partition coefficient (Wildman–Crippen LogP) is 7.75. The van der Waals surface area contributed by atoms with E-state index in [-0.39, 0.29) is 44.4 Å². The highest BCUT2D eigenvalue weighted by Gasteiger charge is 2.59. The maximum Gasteiger partial charge on any atom is 0.428 e. The van der Waals surface area contributed by atoms with Gasteiger partial charge in [-0.3, -0.25) is 0 Å². The van der Waals surface area contributed by atoms with Crippen LogP contribution in [-0.2, 0) is 9.47 Å². The molecule has 3 fully saturated rings. The van der Waals surface area contributed by atoms with Crippen LogP contribution in [0.25, 0.3) is 0 Å². The molecular weight excluding hydrogens is 467 g/mol. The minimum absolute atomic E-state index is 0.00462. The van der Waals surface area contributed by atoms with Crippen molar-refractivity contribution in [3.63, 3.8) is 0 Å². The summed E-state index contributed by atoms with van der Waals surface area (Å²) < 4.78 is 130. The second kappa shape index (κ2) is 10.5. The maximum absolute atomic E-state index is 14.7. The van der Waals surface area contributed by atoms with Crippen LogP contribution in [0.1, 0.15) is 77.0 Å². The predicted molar refractivity (Wildman–Crippen MR) is 101 cm³/mol. The van der Waals surface area contributed by atoms with Crippen LogP contribution in [0.2, 0.25) is 0 Å². The van der Waals surface area contributed by atoms with Crippen LogP contribution in [-0.4, -0.2) is 42.9 Å². The highest BCUT2D eigenvalue weighted by Crippen LogP contribution is 2.47. The number of hydrogen-bond donors (Lipinski definition) is 0. The van der Waals surface area contributed by atoms with Gasteiger partial charge in [-0.05, 0) is 56.8 Å². The van der Waals surface area contributed by atoms with Gasteiger partial charge in [0.25, 0.3) is 6.17 Å². The lowest BCUT2D eigenvalue weighted by Gasteiger charge is -2.41. The summed E-state index contributed by atoms with van der Waals surface area (Å²) in [6.45, 7) is 0. The molecule has 0 saturated heterocycles. The van der Waals surface area contributed by atoms with Gasteiger partial charge in [-0.1, -0.05) is 32.1 Å². The Balaban J connectivity index is 1.46. The van der Waals surface area contributed by atoms with Crippen LogP contribution >= 0.6 is 0 Å². The molecule has 194 valence electrons. The van der Waals surface area contributed by atoms with Crippen molar-refractivity contribution in [2.45, 2.75) is 120 Å². The first-order chi connectivity index (χ1) is 15.3. The van der Waals surface area contributed by atoms with E-state index in [9.17, 15) is 39.5 Å². The number of rotatable bonds is 7. The Bertz CT molecular complexity index is 613. The molecule has 3 saturated carbocycles. The van der Waals surface area contributed by atoms with Crippen LogP contribution in [0.5, 0.6) is 0 Å². The van der Waals surface area contributed by atoms with Gasteiger partial charge >= 0.3 is 18.4 Å². The van der Waals surface area contributed by atoms with Gasteiger partial charge in [0.1, 0.15) is 6.17 Å². The Kier molecular flexibility index (Phi) is 8.55. The van der Waals surface area contributed by atoms with Gasteiger partial charge < -0.3 is 9.47 Å². The number of hydrogen-bond acceptors (Lipinski definition) is 2. The molecule has 0 aromatic carbocycles. The van der Waals surface area contributed by atoms with Crippen molar-refractivity contribution in [3.05, 3.63) is 0 Å². The summed E-state index contributed by atoms with van der Waals surface area (Å²) in [7, 11) is 0. The molecule has 0 aromatic rings. The molecule has 3 rings (SSSR count). The zero-order valence-corrected chi connectivity index (χ0v) is 18.2. The summed E-state index contributed by atoms with van der Waals surface area (Å²) in [5, 5.41) is 0. The number of halogens is 9. The molecule has 4 unspecified atom stereocenters. The Morgan fingerprint density at radius 1 is 0.636 bits per heavy atom. The number of ether oxygens (including phenoxy) is 2. The van der Waals surface area contributed by atoms with Crippen LogP contribution in [0.4, 0.5) is 39.5 Å². The Labute approximate surface area is 187 Å². The molecule has 33 heavy (non-hydrogen) atoms. The summed E-state index contributed by atoms with van der Waals surface area (Å²) in [5.74, 6) is -1.12. The monoisotopic (exact) mass is 498 g/mol. The standard InChI is InChI=1S/C22H31F9O2/c23-18-12-14(13-4-2-1-3-5-13)6-11-17(18)21(28,29)32-15-7-9-16(10-8-15)33-22(30,31)19(24)20(25,26)27/h13-19H,1-12H2. The third-order valence-electron chi connectivity index (χ3n) is 7.41. The van der Waals surface area contributed by atoms with Crippen LogP contribution in [0.15, 0.2) is 0 Å². The summed E-state index contributed by atoms with van der Waals surface area (Å²) >= 11 is 0. The first-order valence-corrected chi connectivity index (χ1v) is 11.8. The van der Waals surface area contributed by atoms with Gasteiger partial charge in [0.15, 0.2) is 0 Å². The fourth-order valence-electron chi connectivity index (χ4n) is 5.61. The average Bonchev–Trinajstić information content (AvgIpc) is 2.74. The first-order valence-electron chi connectivity index (χ1n) is 11.8. The van der Waals surface area contributed by atoms with E-state index in [1.807, 2.05) is 0 Å². The van der Waals surface area contributed by atoms with Crippen molar-refractivity contribution >= 4 is 0 Å². The van der Waals surface area contributed by atoms with Gasteiger partial charge in [-0.2, -0.15) is 30.7 Å². The molecule has 0 heterocycles. The quantitative estimate of drug-likeness (QED) is 0.334. The van der Waals surface area contributed by atoms with Gasteiger partial charge in [0.2, 0.25) is 0 Å². The summed E-state index contributed by atoms with van der Waals surface area (Å²) in [6.07, 6.45) is -18.3. The van der Waals surface area contributed by atoms with E-state index in [0.717, 1.165) is 32.1 Å². The highest BCUT2D eigenvalue weighted by atomic mass is 19.4. The van der Waals surface area contributed by atoms with E-state index in [1.165, 1.54) is 0 Å². The second-order valence-electron chi connectivity index (χ2n) is 9.76. The molecule has 0 aromatic heterocycles. The Morgan fingerprint density at radius 2 is 1.18 bits per heavy atom. The summed E-state index contributed by atoms with van der Waals surface area (Å²) in [5.41, 5.74) is 0. The molecule has 3 aliphatic carbocycles. The fourth-order valence-corrected chi connectivity index (χ4v) is 5.61. The van der Waals surface area contributed by atoms with Gasteiger partial charge in [0.05, 0.1) is 18.1 Å². The van der Waals surface area contributed by atoms with Crippen molar-refractivity contribution in [3.8, 4) is 0 Å². The average molecular weight is 498 g/mol. The lowest BCUT2D eigenvalue weighted by atomic mass is 9.70. The van der Waals surface area contributed by atoms with Gasteiger partial charge in [-0.25, -0.2) is 8.78 Å². The SMILES string of the molecule is FC1CC(C2CCCCC2)CCC1C(F)(F)OC1CCC(OC(F)(F)C(F)C(F)(F)F)CC1. The van der Waals surface area contributed by atoms with E-state index < -0.39 is 48.9 Å². The molecule has 0 aliphatic heterocycles. The van der Waals surface area contributed by atoms with E-state index in [4.69, 9.17) is 4.74 Å². The van der Waals surface area contributed by atoms with Crippen molar-refractivity contribution in [1.29, 1.82) is 0 Å². The Morgan fingerprint density at radius 3 is 1.70 bits per heavy atom. The largest absolute Gasteiger partial charge is 0.428 e. The smallest absolute Gasteiger partial charge is 0.317 e. The normalized spacial score (nSPS) is 34.3. The Hall–Kier alpha value is -0.710. The molecule has 0 radical (unpaired) electrons. The van der Waals surface area contributed by atoms with Crippen molar-refractivity contribution in [1.82, 2.24) is 0 Å². The lowest BCUT2D eigenvalue weighted by Crippen LogP contribution is -2.47. The molecule has 3 aliphatic rings. The molecule has 0 spiro atoms. The van der Waals surface area contributed by atoms with Gasteiger partial charge in [-0.15, -0.1) is 0 Å². The van der Waals surface area contributed by atoms with Crippen molar-refractivity contribution in [2.24, 2.45) is 17.8 Å². The fraction of sp³-hybridized carbons (Fsp3) is 1.00. The molecular formula is C22H31F9O2. The third kappa shape index (κ3) is 6.92. The van der Waals surface area contributed by atoms with E-state index in [0.29, 0.717) is 12.3 Å².